The first-order valence-corrected chi connectivity index (χ1v) is 13.1. The van der Waals surface area contributed by atoms with Gasteiger partial charge < -0.3 is 5.32 Å². The fourth-order valence-electron chi connectivity index (χ4n) is 4.31. The number of aryl methyl sites for hydroxylation is 2. The Kier molecular flexibility index (Phi) is 8.94. The summed E-state index contributed by atoms with van der Waals surface area (Å²) in [4.78, 5) is 15.7. The van der Waals surface area contributed by atoms with E-state index in [9.17, 15) is 13.2 Å². The number of benzene rings is 3. The average Bonchev–Trinajstić information content (AvgIpc) is 2.82. The summed E-state index contributed by atoms with van der Waals surface area (Å²) in [6.45, 7) is 6.33. The summed E-state index contributed by atoms with van der Waals surface area (Å²) >= 11 is 0. The van der Waals surface area contributed by atoms with Crippen LogP contribution in [0.2, 0.25) is 0 Å². The van der Waals surface area contributed by atoms with E-state index in [1.165, 1.54) is 5.56 Å². The highest BCUT2D eigenvalue weighted by atomic mass is 35.5. The van der Waals surface area contributed by atoms with Crippen molar-refractivity contribution in [1.82, 2.24) is 10.2 Å². The van der Waals surface area contributed by atoms with Crippen molar-refractivity contribution >= 4 is 34.0 Å². The lowest BCUT2D eigenvalue weighted by Gasteiger charge is -2.32. The van der Waals surface area contributed by atoms with Gasteiger partial charge in [0, 0.05) is 25.7 Å². The maximum atomic E-state index is 13.1. The van der Waals surface area contributed by atoms with Crippen LogP contribution < -0.4 is 10.0 Å². The highest BCUT2D eigenvalue weighted by molar-refractivity contribution is 7.92. The summed E-state index contributed by atoms with van der Waals surface area (Å²) in [6.07, 6.45) is 1.71. The van der Waals surface area contributed by atoms with Crippen molar-refractivity contribution in [1.29, 1.82) is 0 Å². The second-order valence-electron chi connectivity index (χ2n) is 8.93. The van der Waals surface area contributed by atoms with Gasteiger partial charge in [-0.2, -0.15) is 0 Å². The van der Waals surface area contributed by atoms with Crippen LogP contribution in [0.5, 0.6) is 0 Å². The van der Waals surface area contributed by atoms with Gasteiger partial charge in [-0.05, 0) is 61.6 Å². The van der Waals surface area contributed by atoms with E-state index in [2.05, 4.69) is 27.1 Å². The second kappa shape index (κ2) is 11.7. The maximum Gasteiger partial charge on any atom is 0.262 e. The molecule has 0 bridgehead atoms. The predicted molar refractivity (Wildman–Crippen MR) is 143 cm³/mol. The van der Waals surface area contributed by atoms with Crippen LogP contribution in [0.15, 0.2) is 77.7 Å². The number of likely N-dealkylation sites (tertiary alicyclic amines) is 1. The molecule has 0 radical (unpaired) electrons. The lowest BCUT2D eigenvalue weighted by Crippen LogP contribution is -2.44. The standard InChI is InChI=1S/C27H31N3O3S.ClH/c1-20-12-13-21(2)26(18-20)34(32,33)29-25-11-7-6-10-24(25)27(31)28-23-14-16-30(17-15-23)19-22-8-4-3-5-9-22;/h3-13,18,23,29H,14-17,19H2,1-2H3,(H,28,31);1H. The Morgan fingerprint density at radius 1 is 0.943 bits per heavy atom. The fraction of sp³-hybridized carbons (Fsp3) is 0.296. The van der Waals surface area contributed by atoms with Crippen LogP contribution in [0.1, 0.15) is 39.9 Å². The van der Waals surface area contributed by atoms with Gasteiger partial charge >= 0.3 is 0 Å². The van der Waals surface area contributed by atoms with Gasteiger partial charge in [-0.1, -0.05) is 54.6 Å². The van der Waals surface area contributed by atoms with Crippen LogP contribution in [0.3, 0.4) is 0 Å². The molecule has 0 aromatic heterocycles. The molecule has 0 saturated carbocycles. The molecule has 3 aromatic rings. The minimum absolute atomic E-state index is 0. The Balaban J connectivity index is 0.00000342. The Hall–Kier alpha value is -2.87. The number of sulfonamides is 1. The number of hydrogen-bond acceptors (Lipinski definition) is 4. The summed E-state index contributed by atoms with van der Waals surface area (Å²) in [6, 6.07) is 22.5. The molecule has 1 heterocycles. The number of anilines is 1. The Morgan fingerprint density at radius 3 is 2.31 bits per heavy atom. The zero-order valence-corrected chi connectivity index (χ0v) is 21.7. The molecule has 186 valence electrons. The van der Waals surface area contributed by atoms with Crippen molar-refractivity contribution in [2.24, 2.45) is 0 Å². The molecule has 0 unspecified atom stereocenters. The van der Waals surface area contributed by atoms with Crippen molar-refractivity contribution in [3.63, 3.8) is 0 Å². The van der Waals surface area contributed by atoms with Crippen molar-refractivity contribution in [3.8, 4) is 0 Å². The number of halogens is 1. The van der Waals surface area contributed by atoms with Crippen molar-refractivity contribution in [2.75, 3.05) is 17.8 Å². The average molecular weight is 514 g/mol. The number of piperidine rings is 1. The first kappa shape index (κ1) is 26.7. The van der Waals surface area contributed by atoms with Crippen LogP contribution >= 0.6 is 12.4 Å². The van der Waals surface area contributed by atoms with Gasteiger partial charge in [0.05, 0.1) is 16.1 Å². The molecule has 4 rings (SSSR count). The largest absolute Gasteiger partial charge is 0.349 e. The number of amides is 1. The topological polar surface area (TPSA) is 78.5 Å². The van der Waals surface area contributed by atoms with E-state index in [4.69, 9.17) is 0 Å². The normalized spacial score (nSPS) is 14.7. The molecular formula is C27H32ClN3O3S. The third-order valence-electron chi connectivity index (χ3n) is 6.22. The number of para-hydroxylation sites is 1. The van der Waals surface area contributed by atoms with Gasteiger partial charge in [0.2, 0.25) is 0 Å². The Bertz CT molecular complexity index is 1260. The monoisotopic (exact) mass is 513 g/mol. The van der Waals surface area contributed by atoms with E-state index >= 15 is 0 Å². The number of nitrogens with zero attached hydrogens (tertiary/aromatic N) is 1. The van der Waals surface area contributed by atoms with Crippen molar-refractivity contribution in [3.05, 3.63) is 95.1 Å². The van der Waals surface area contributed by atoms with Crippen molar-refractivity contribution in [2.45, 2.75) is 44.2 Å². The summed E-state index contributed by atoms with van der Waals surface area (Å²) in [7, 11) is -3.83. The van der Waals surface area contributed by atoms with E-state index in [-0.39, 0.29) is 34.9 Å². The molecule has 3 aromatic carbocycles. The molecule has 1 saturated heterocycles. The number of carbonyl (C=O) groups excluding carboxylic acids is 1. The van der Waals surface area contributed by atoms with Gasteiger partial charge in [-0.25, -0.2) is 8.42 Å². The van der Waals surface area contributed by atoms with Gasteiger partial charge in [-0.3, -0.25) is 14.4 Å². The van der Waals surface area contributed by atoms with Gasteiger partial charge in [0.1, 0.15) is 0 Å². The zero-order chi connectivity index (χ0) is 24.1. The molecule has 35 heavy (non-hydrogen) atoms. The summed E-state index contributed by atoms with van der Waals surface area (Å²) in [5.74, 6) is -0.263. The van der Waals surface area contributed by atoms with E-state index in [0.29, 0.717) is 11.1 Å². The molecule has 2 N–H and O–H groups in total. The molecule has 1 aliphatic heterocycles. The van der Waals surface area contributed by atoms with Crippen LogP contribution in [-0.2, 0) is 16.6 Å². The van der Waals surface area contributed by atoms with Crippen LogP contribution in [0.4, 0.5) is 5.69 Å². The Labute approximate surface area is 214 Å². The lowest BCUT2D eigenvalue weighted by molar-refractivity contribution is 0.0910. The van der Waals surface area contributed by atoms with Crippen LogP contribution in [0, 0.1) is 13.8 Å². The molecule has 6 nitrogen and oxygen atoms in total. The van der Waals surface area contributed by atoms with E-state index in [1.54, 1.807) is 43.3 Å². The minimum Gasteiger partial charge on any atom is -0.349 e. The number of rotatable bonds is 7. The molecule has 0 aliphatic carbocycles. The van der Waals surface area contributed by atoms with E-state index in [1.807, 2.05) is 31.2 Å². The first-order valence-electron chi connectivity index (χ1n) is 11.6. The number of hydrogen-bond donors (Lipinski definition) is 2. The van der Waals surface area contributed by atoms with Gasteiger partial charge in [-0.15, -0.1) is 12.4 Å². The van der Waals surface area contributed by atoms with E-state index in [0.717, 1.165) is 38.0 Å². The quantitative estimate of drug-likeness (QED) is 0.470. The summed E-state index contributed by atoms with van der Waals surface area (Å²) in [5, 5.41) is 3.11. The van der Waals surface area contributed by atoms with Crippen LogP contribution in [-0.4, -0.2) is 38.4 Å². The van der Waals surface area contributed by atoms with E-state index < -0.39 is 10.0 Å². The summed E-state index contributed by atoms with van der Waals surface area (Å²) in [5.41, 5.74) is 3.40. The Morgan fingerprint density at radius 2 is 1.60 bits per heavy atom. The molecular weight excluding hydrogens is 482 g/mol. The zero-order valence-electron chi connectivity index (χ0n) is 20.0. The van der Waals surface area contributed by atoms with Gasteiger partial charge in [0.15, 0.2) is 0 Å². The third kappa shape index (κ3) is 6.84. The molecule has 1 fully saturated rings. The molecule has 0 spiro atoms. The van der Waals surface area contributed by atoms with Gasteiger partial charge in [0.25, 0.3) is 15.9 Å². The maximum absolute atomic E-state index is 13.1. The summed E-state index contributed by atoms with van der Waals surface area (Å²) < 4.78 is 28.8. The molecule has 8 heteroatoms. The molecule has 1 aliphatic rings. The number of nitrogens with one attached hydrogen (secondary N) is 2. The first-order chi connectivity index (χ1) is 16.3. The molecule has 1 amide bonds. The SMILES string of the molecule is Cc1ccc(C)c(S(=O)(=O)Nc2ccccc2C(=O)NC2CCN(Cc3ccccc3)CC2)c1.Cl. The third-order valence-corrected chi connectivity index (χ3v) is 7.73. The smallest absolute Gasteiger partial charge is 0.262 e. The lowest BCUT2D eigenvalue weighted by atomic mass is 10.0. The number of carbonyl (C=O) groups is 1. The van der Waals surface area contributed by atoms with Crippen molar-refractivity contribution < 1.29 is 13.2 Å². The second-order valence-corrected chi connectivity index (χ2v) is 10.6. The molecule has 0 atom stereocenters. The predicted octanol–water partition coefficient (Wildman–Crippen LogP) is 4.92. The highest BCUT2D eigenvalue weighted by Crippen LogP contribution is 2.24. The van der Waals surface area contributed by atoms with Crippen LogP contribution in [0.25, 0.3) is 0 Å². The highest BCUT2D eigenvalue weighted by Gasteiger charge is 2.24. The fourth-order valence-corrected chi connectivity index (χ4v) is 5.72. The minimum atomic E-state index is -3.83.